The van der Waals surface area contributed by atoms with E-state index < -0.39 is 7.82 Å². The molecule has 25 heavy (non-hydrogen) atoms. The molecule has 136 valence electrons. The van der Waals surface area contributed by atoms with Crippen molar-refractivity contribution in [1.82, 2.24) is 0 Å². The summed E-state index contributed by atoms with van der Waals surface area (Å²) in [5.41, 5.74) is 2.06. The minimum atomic E-state index is -4.08. The molecule has 0 unspecified atom stereocenters. The van der Waals surface area contributed by atoms with Gasteiger partial charge in [0, 0.05) is 0 Å². The van der Waals surface area contributed by atoms with E-state index in [9.17, 15) is 9.46 Å². The lowest BCUT2D eigenvalue weighted by molar-refractivity contribution is 0.0504. The largest absolute Gasteiger partial charge is 0.472 e. The van der Waals surface area contributed by atoms with E-state index in [1.807, 2.05) is 60.7 Å². The highest BCUT2D eigenvalue weighted by Crippen LogP contribution is 2.42. The van der Waals surface area contributed by atoms with Gasteiger partial charge in [-0.15, -0.1) is 0 Å². The number of phosphoric acid groups is 1. The minimum Gasteiger partial charge on any atom is -0.374 e. The molecule has 0 heterocycles. The first-order chi connectivity index (χ1) is 12.2. The minimum absolute atomic E-state index is 0.0223. The number of rotatable bonds is 12. The lowest BCUT2D eigenvalue weighted by atomic mass is 10.2. The van der Waals surface area contributed by atoms with Crippen molar-refractivity contribution >= 4 is 7.82 Å². The molecule has 0 amide bonds. The van der Waals surface area contributed by atoms with Crippen molar-refractivity contribution in [3.8, 4) is 0 Å². The molecule has 2 aromatic carbocycles. The Balaban J connectivity index is 1.50. The molecule has 0 radical (unpaired) electrons. The van der Waals surface area contributed by atoms with Crippen LogP contribution in [0, 0.1) is 0 Å². The monoisotopic (exact) mass is 366 g/mol. The maximum absolute atomic E-state index is 11.7. The second-order valence-corrected chi connectivity index (χ2v) is 6.66. The fourth-order valence-electron chi connectivity index (χ4n) is 1.99. The third kappa shape index (κ3) is 8.93. The van der Waals surface area contributed by atoms with Gasteiger partial charge in [0.05, 0.1) is 39.6 Å². The first-order valence-electron chi connectivity index (χ1n) is 8.01. The Kier molecular flexibility index (Phi) is 8.83. The second kappa shape index (κ2) is 11.2. The van der Waals surface area contributed by atoms with Crippen LogP contribution in [-0.2, 0) is 36.3 Å². The van der Waals surface area contributed by atoms with E-state index in [-0.39, 0.29) is 26.4 Å². The molecule has 0 aliphatic carbocycles. The normalized spacial score (nSPS) is 11.6. The van der Waals surface area contributed by atoms with Crippen molar-refractivity contribution in [3.05, 3.63) is 71.8 Å². The number of benzene rings is 2. The summed E-state index contributed by atoms with van der Waals surface area (Å²) < 4.78 is 32.1. The van der Waals surface area contributed by atoms with Crippen LogP contribution in [0.5, 0.6) is 0 Å². The van der Waals surface area contributed by atoms with Crippen molar-refractivity contribution in [2.75, 3.05) is 26.4 Å². The summed E-state index contributed by atoms with van der Waals surface area (Å²) in [6.07, 6.45) is 0. The summed E-state index contributed by atoms with van der Waals surface area (Å²) in [4.78, 5) is 9.55. The lowest BCUT2D eigenvalue weighted by Gasteiger charge is -2.12. The molecule has 6 nitrogen and oxygen atoms in total. The summed E-state index contributed by atoms with van der Waals surface area (Å²) in [6, 6.07) is 19.3. The van der Waals surface area contributed by atoms with Gasteiger partial charge in [-0.3, -0.25) is 9.05 Å². The Hall–Kier alpha value is -1.53. The van der Waals surface area contributed by atoms with Crippen molar-refractivity contribution in [2.45, 2.75) is 13.2 Å². The van der Waals surface area contributed by atoms with Crippen LogP contribution in [0.3, 0.4) is 0 Å². The molecule has 0 aromatic heterocycles. The van der Waals surface area contributed by atoms with Crippen molar-refractivity contribution in [3.63, 3.8) is 0 Å². The van der Waals surface area contributed by atoms with Crippen LogP contribution in [0.15, 0.2) is 60.7 Å². The summed E-state index contributed by atoms with van der Waals surface area (Å²) >= 11 is 0. The summed E-state index contributed by atoms with van der Waals surface area (Å²) in [5, 5.41) is 0. The number of phosphoric ester groups is 1. The summed E-state index contributed by atoms with van der Waals surface area (Å²) in [7, 11) is -4.08. The van der Waals surface area contributed by atoms with E-state index >= 15 is 0 Å². The smallest absolute Gasteiger partial charge is 0.374 e. The van der Waals surface area contributed by atoms with E-state index in [4.69, 9.17) is 18.5 Å². The van der Waals surface area contributed by atoms with Crippen LogP contribution < -0.4 is 0 Å². The Morgan fingerprint density at radius 1 is 0.680 bits per heavy atom. The predicted molar refractivity (Wildman–Crippen MR) is 93.9 cm³/mol. The van der Waals surface area contributed by atoms with Gasteiger partial charge in [0.2, 0.25) is 0 Å². The standard InChI is InChI=1S/C18H23O6P/c19-25(20,23-13-11-21-15-17-7-3-1-4-8-17)24-14-12-22-16-18-9-5-2-6-10-18/h1-10H,11-16H2,(H,19,20). The molecular formula is C18H23O6P. The molecule has 1 N–H and O–H groups in total. The van der Waals surface area contributed by atoms with Crippen LogP contribution >= 0.6 is 7.82 Å². The van der Waals surface area contributed by atoms with Crippen molar-refractivity contribution in [1.29, 1.82) is 0 Å². The molecule has 0 spiro atoms. The van der Waals surface area contributed by atoms with E-state index in [0.717, 1.165) is 11.1 Å². The zero-order chi connectivity index (χ0) is 17.8. The van der Waals surface area contributed by atoms with Crippen LogP contribution in [0.1, 0.15) is 11.1 Å². The van der Waals surface area contributed by atoms with Gasteiger partial charge < -0.3 is 14.4 Å². The third-order valence-electron chi connectivity index (χ3n) is 3.19. The lowest BCUT2D eigenvalue weighted by Crippen LogP contribution is -2.07. The average Bonchev–Trinajstić information content (AvgIpc) is 2.63. The topological polar surface area (TPSA) is 74.2 Å². The summed E-state index contributed by atoms with van der Waals surface area (Å²) in [5.74, 6) is 0. The highest BCUT2D eigenvalue weighted by molar-refractivity contribution is 7.47. The molecule has 0 aliphatic heterocycles. The van der Waals surface area contributed by atoms with Gasteiger partial charge in [-0.25, -0.2) is 4.57 Å². The van der Waals surface area contributed by atoms with Gasteiger partial charge >= 0.3 is 7.82 Å². The molecule has 2 aromatic rings. The van der Waals surface area contributed by atoms with E-state index in [0.29, 0.717) is 13.2 Å². The van der Waals surface area contributed by atoms with Gasteiger partial charge in [0.25, 0.3) is 0 Å². The zero-order valence-electron chi connectivity index (χ0n) is 14.0. The number of ether oxygens (including phenoxy) is 2. The van der Waals surface area contributed by atoms with Gasteiger partial charge in [-0.05, 0) is 11.1 Å². The quantitative estimate of drug-likeness (QED) is 0.457. The molecule has 2 rings (SSSR count). The second-order valence-electron chi connectivity index (χ2n) is 5.21. The highest BCUT2D eigenvalue weighted by atomic mass is 31.2. The van der Waals surface area contributed by atoms with Gasteiger partial charge in [-0.2, -0.15) is 0 Å². The van der Waals surface area contributed by atoms with Gasteiger partial charge in [0.1, 0.15) is 0 Å². The predicted octanol–water partition coefficient (Wildman–Crippen LogP) is 3.55. The third-order valence-corrected chi connectivity index (χ3v) is 4.21. The van der Waals surface area contributed by atoms with Gasteiger partial charge in [0.15, 0.2) is 0 Å². The van der Waals surface area contributed by atoms with Gasteiger partial charge in [-0.1, -0.05) is 60.7 Å². The molecule has 7 heteroatoms. The maximum atomic E-state index is 11.7. The molecule has 0 aliphatic rings. The van der Waals surface area contributed by atoms with Crippen LogP contribution in [0.2, 0.25) is 0 Å². The van der Waals surface area contributed by atoms with Crippen molar-refractivity contribution < 1.29 is 28.0 Å². The number of hydrogen-bond donors (Lipinski definition) is 1. The van der Waals surface area contributed by atoms with E-state index in [2.05, 4.69) is 0 Å². The van der Waals surface area contributed by atoms with Crippen LogP contribution in [0.4, 0.5) is 0 Å². The molecule has 0 saturated heterocycles. The zero-order valence-corrected chi connectivity index (χ0v) is 14.8. The molecular weight excluding hydrogens is 343 g/mol. The number of hydrogen-bond acceptors (Lipinski definition) is 5. The molecule has 0 saturated carbocycles. The SMILES string of the molecule is O=P(O)(OCCOCc1ccccc1)OCCOCc1ccccc1. The maximum Gasteiger partial charge on any atom is 0.472 e. The first kappa shape index (κ1) is 19.8. The first-order valence-corrected chi connectivity index (χ1v) is 9.50. The summed E-state index contributed by atoms with van der Waals surface area (Å²) in [6.45, 7) is 1.21. The van der Waals surface area contributed by atoms with Crippen LogP contribution in [0.25, 0.3) is 0 Å². The van der Waals surface area contributed by atoms with Crippen molar-refractivity contribution in [2.24, 2.45) is 0 Å². The highest BCUT2D eigenvalue weighted by Gasteiger charge is 2.20. The Labute approximate surface area is 147 Å². The Bertz CT molecular complexity index is 581. The fourth-order valence-corrected chi connectivity index (χ4v) is 2.67. The van der Waals surface area contributed by atoms with Crippen LogP contribution in [-0.4, -0.2) is 31.3 Å². The van der Waals surface area contributed by atoms with E-state index in [1.54, 1.807) is 0 Å². The Morgan fingerprint density at radius 3 is 1.48 bits per heavy atom. The Morgan fingerprint density at radius 2 is 1.08 bits per heavy atom. The average molecular weight is 366 g/mol. The molecule has 0 bridgehead atoms. The fraction of sp³-hybridized carbons (Fsp3) is 0.333. The molecule has 0 atom stereocenters. The van der Waals surface area contributed by atoms with E-state index in [1.165, 1.54) is 0 Å². The molecule has 0 fully saturated rings.